The number of hydrogen-bond donors (Lipinski definition) is 0. The second-order valence-electron chi connectivity index (χ2n) is 6.72. The van der Waals surface area contributed by atoms with Crippen LogP contribution in [-0.4, -0.2) is 25.5 Å². The third kappa shape index (κ3) is 4.43. The van der Waals surface area contributed by atoms with Crippen molar-refractivity contribution in [3.63, 3.8) is 0 Å². The molecule has 156 valence electrons. The standard InChI is InChI=1S/C25H20O6/c1-3-29-18-9-7-16(8-10-18)13-23-24(26)21-12-11-20(15-22(21)31-23)30-25(27)17-5-4-6-19(14-17)28-2/h4-15H,3H2,1-2H3/b23-13-. The zero-order valence-corrected chi connectivity index (χ0v) is 17.1. The van der Waals surface area contributed by atoms with Crippen molar-refractivity contribution < 1.29 is 28.5 Å². The minimum absolute atomic E-state index is 0.204. The normalized spacial score (nSPS) is 13.5. The van der Waals surface area contributed by atoms with E-state index in [0.29, 0.717) is 29.2 Å². The van der Waals surface area contributed by atoms with Crippen molar-refractivity contribution in [2.75, 3.05) is 13.7 Å². The van der Waals surface area contributed by atoms with Crippen LogP contribution >= 0.6 is 0 Å². The van der Waals surface area contributed by atoms with Gasteiger partial charge < -0.3 is 18.9 Å². The number of allylic oxidation sites excluding steroid dienone is 1. The molecule has 0 unspecified atom stereocenters. The molecule has 0 aliphatic carbocycles. The minimum atomic E-state index is -0.534. The van der Waals surface area contributed by atoms with E-state index in [1.54, 1.807) is 42.5 Å². The number of rotatable bonds is 6. The summed E-state index contributed by atoms with van der Waals surface area (Å²) in [6.07, 6.45) is 1.67. The highest BCUT2D eigenvalue weighted by atomic mass is 16.5. The number of esters is 1. The highest BCUT2D eigenvalue weighted by Crippen LogP contribution is 2.35. The van der Waals surface area contributed by atoms with Gasteiger partial charge in [0.25, 0.3) is 0 Å². The van der Waals surface area contributed by atoms with Crippen molar-refractivity contribution in [3.05, 3.63) is 89.2 Å². The van der Waals surface area contributed by atoms with Gasteiger partial charge in [0.2, 0.25) is 5.78 Å². The predicted octanol–water partition coefficient (Wildman–Crippen LogP) is 4.93. The number of Topliss-reactive ketones (excluding diaryl/α,β-unsaturated/α-hetero) is 1. The Kier molecular flexibility index (Phi) is 5.71. The lowest BCUT2D eigenvalue weighted by Crippen LogP contribution is -2.08. The summed E-state index contributed by atoms with van der Waals surface area (Å²) in [5, 5.41) is 0. The Morgan fingerprint density at radius 1 is 0.968 bits per heavy atom. The average Bonchev–Trinajstić information content (AvgIpc) is 3.09. The van der Waals surface area contributed by atoms with Crippen molar-refractivity contribution in [2.24, 2.45) is 0 Å². The van der Waals surface area contributed by atoms with Crippen LogP contribution in [0.15, 0.2) is 72.5 Å². The van der Waals surface area contributed by atoms with Crippen molar-refractivity contribution in [2.45, 2.75) is 6.92 Å². The molecular weight excluding hydrogens is 396 g/mol. The lowest BCUT2D eigenvalue weighted by molar-refractivity contribution is 0.0734. The van der Waals surface area contributed by atoms with Gasteiger partial charge in [-0.2, -0.15) is 0 Å². The largest absolute Gasteiger partial charge is 0.497 e. The van der Waals surface area contributed by atoms with E-state index < -0.39 is 5.97 Å². The number of carbonyl (C=O) groups is 2. The van der Waals surface area contributed by atoms with Gasteiger partial charge in [-0.05, 0) is 61.0 Å². The predicted molar refractivity (Wildman–Crippen MR) is 115 cm³/mol. The van der Waals surface area contributed by atoms with Gasteiger partial charge in [0, 0.05) is 6.07 Å². The lowest BCUT2D eigenvalue weighted by Gasteiger charge is -2.07. The molecule has 0 atom stereocenters. The monoisotopic (exact) mass is 416 g/mol. The summed E-state index contributed by atoms with van der Waals surface area (Å²) in [7, 11) is 1.53. The number of carbonyl (C=O) groups excluding carboxylic acids is 2. The van der Waals surface area contributed by atoms with E-state index in [4.69, 9.17) is 18.9 Å². The Bertz CT molecular complexity index is 1160. The third-order valence-corrected chi connectivity index (χ3v) is 4.65. The van der Waals surface area contributed by atoms with Gasteiger partial charge in [-0.15, -0.1) is 0 Å². The second kappa shape index (κ2) is 8.75. The molecule has 1 heterocycles. The maximum atomic E-state index is 12.7. The molecule has 0 saturated heterocycles. The fourth-order valence-corrected chi connectivity index (χ4v) is 3.13. The number of ketones is 1. The first-order chi connectivity index (χ1) is 15.1. The van der Waals surface area contributed by atoms with E-state index in [2.05, 4.69) is 0 Å². The summed E-state index contributed by atoms with van der Waals surface area (Å²) in [4.78, 5) is 25.1. The smallest absolute Gasteiger partial charge is 0.343 e. The minimum Gasteiger partial charge on any atom is -0.497 e. The topological polar surface area (TPSA) is 71.1 Å². The summed E-state index contributed by atoms with van der Waals surface area (Å²) in [5.74, 6) is 1.38. The molecule has 4 rings (SSSR count). The van der Waals surface area contributed by atoms with E-state index in [1.165, 1.54) is 13.2 Å². The zero-order valence-electron chi connectivity index (χ0n) is 17.1. The first-order valence-electron chi connectivity index (χ1n) is 9.75. The first kappa shape index (κ1) is 20.2. The van der Waals surface area contributed by atoms with Crippen LogP contribution in [-0.2, 0) is 0 Å². The van der Waals surface area contributed by atoms with Crippen LogP contribution in [0.3, 0.4) is 0 Å². The van der Waals surface area contributed by atoms with Crippen LogP contribution in [0.5, 0.6) is 23.0 Å². The molecule has 0 amide bonds. The molecule has 31 heavy (non-hydrogen) atoms. The molecule has 0 spiro atoms. The van der Waals surface area contributed by atoms with Crippen molar-refractivity contribution in [1.29, 1.82) is 0 Å². The molecule has 0 radical (unpaired) electrons. The summed E-state index contributed by atoms with van der Waals surface area (Å²) in [5.41, 5.74) is 1.58. The Morgan fingerprint density at radius 2 is 1.74 bits per heavy atom. The van der Waals surface area contributed by atoms with Crippen molar-refractivity contribution >= 4 is 17.8 Å². The fraction of sp³-hybridized carbons (Fsp3) is 0.120. The summed E-state index contributed by atoms with van der Waals surface area (Å²) in [6, 6.07) is 18.7. The van der Waals surface area contributed by atoms with Crippen LogP contribution in [0.1, 0.15) is 33.2 Å². The van der Waals surface area contributed by atoms with E-state index in [0.717, 1.165) is 11.3 Å². The molecular formula is C25H20O6. The van der Waals surface area contributed by atoms with Gasteiger partial charge in [0.1, 0.15) is 23.0 Å². The van der Waals surface area contributed by atoms with Crippen LogP contribution in [0.4, 0.5) is 0 Å². The molecule has 1 aliphatic rings. The number of hydrogen-bond acceptors (Lipinski definition) is 6. The van der Waals surface area contributed by atoms with Gasteiger partial charge in [0.15, 0.2) is 5.76 Å². The quantitative estimate of drug-likeness (QED) is 0.322. The fourth-order valence-electron chi connectivity index (χ4n) is 3.13. The number of benzene rings is 3. The van der Waals surface area contributed by atoms with E-state index in [1.807, 2.05) is 31.2 Å². The Labute approximate surface area is 179 Å². The molecule has 0 aromatic heterocycles. The molecule has 0 saturated carbocycles. The van der Waals surface area contributed by atoms with Gasteiger partial charge >= 0.3 is 5.97 Å². The molecule has 6 nitrogen and oxygen atoms in total. The molecule has 0 bridgehead atoms. The summed E-state index contributed by atoms with van der Waals surface area (Å²) < 4.78 is 21.7. The van der Waals surface area contributed by atoms with Crippen LogP contribution in [0, 0.1) is 0 Å². The molecule has 3 aromatic carbocycles. The van der Waals surface area contributed by atoms with E-state index in [-0.39, 0.29) is 17.3 Å². The second-order valence-corrected chi connectivity index (χ2v) is 6.72. The Hall–Kier alpha value is -4.06. The van der Waals surface area contributed by atoms with Crippen molar-refractivity contribution in [1.82, 2.24) is 0 Å². The SMILES string of the molecule is CCOc1ccc(/C=C2\Oc3cc(OC(=O)c4cccc(OC)c4)ccc3C2=O)cc1. The van der Waals surface area contributed by atoms with Crippen LogP contribution in [0.25, 0.3) is 6.08 Å². The number of methoxy groups -OCH3 is 1. The zero-order chi connectivity index (χ0) is 21.8. The van der Waals surface area contributed by atoms with Crippen LogP contribution in [0.2, 0.25) is 0 Å². The maximum Gasteiger partial charge on any atom is 0.343 e. The van der Waals surface area contributed by atoms with E-state index >= 15 is 0 Å². The number of ether oxygens (including phenoxy) is 4. The molecule has 0 N–H and O–H groups in total. The summed E-state index contributed by atoms with van der Waals surface area (Å²) in [6.45, 7) is 2.50. The molecule has 6 heteroatoms. The third-order valence-electron chi connectivity index (χ3n) is 4.65. The highest BCUT2D eigenvalue weighted by Gasteiger charge is 2.28. The van der Waals surface area contributed by atoms with Gasteiger partial charge in [0.05, 0.1) is 24.8 Å². The molecule has 0 fully saturated rings. The summed E-state index contributed by atoms with van der Waals surface area (Å²) >= 11 is 0. The maximum absolute atomic E-state index is 12.7. The van der Waals surface area contributed by atoms with Gasteiger partial charge in [-0.1, -0.05) is 18.2 Å². The Balaban J connectivity index is 1.50. The molecule has 3 aromatic rings. The Morgan fingerprint density at radius 3 is 2.48 bits per heavy atom. The number of fused-ring (bicyclic) bond motifs is 1. The molecule has 1 aliphatic heterocycles. The van der Waals surface area contributed by atoms with Gasteiger partial charge in [-0.25, -0.2) is 4.79 Å². The van der Waals surface area contributed by atoms with Crippen LogP contribution < -0.4 is 18.9 Å². The van der Waals surface area contributed by atoms with Crippen molar-refractivity contribution in [3.8, 4) is 23.0 Å². The lowest BCUT2D eigenvalue weighted by atomic mass is 10.1. The average molecular weight is 416 g/mol. The van der Waals surface area contributed by atoms with E-state index in [9.17, 15) is 9.59 Å². The van der Waals surface area contributed by atoms with Gasteiger partial charge in [-0.3, -0.25) is 4.79 Å². The first-order valence-corrected chi connectivity index (χ1v) is 9.75. The highest BCUT2D eigenvalue weighted by molar-refractivity contribution is 6.14.